The van der Waals surface area contributed by atoms with E-state index in [0.717, 1.165) is 4.90 Å². The van der Waals surface area contributed by atoms with Crippen LogP contribution in [0.2, 0.25) is 5.02 Å². The van der Waals surface area contributed by atoms with Gasteiger partial charge in [-0.2, -0.15) is 0 Å². The van der Waals surface area contributed by atoms with E-state index in [9.17, 15) is 19.2 Å². The highest BCUT2D eigenvalue weighted by Gasteiger charge is 2.36. The Kier molecular flexibility index (Phi) is 6.03. The first-order chi connectivity index (χ1) is 14.3. The van der Waals surface area contributed by atoms with Crippen molar-refractivity contribution in [3.05, 3.63) is 58.6 Å². The Hall–Kier alpha value is -3.85. The lowest BCUT2D eigenvalue weighted by Crippen LogP contribution is -2.54. The molecule has 3 N–H and O–H groups in total. The zero-order valence-electron chi connectivity index (χ0n) is 15.7. The molecule has 3 rings (SSSR count). The van der Waals surface area contributed by atoms with Crippen molar-refractivity contribution in [2.45, 2.75) is 0 Å². The fraction of sp³-hybridized carbons (Fsp3) is 0.100. The number of anilines is 1. The van der Waals surface area contributed by atoms with E-state index < -0.39 is 23.8 Å². The summed E-state index contributed by atoms with van der Waals surface area (Å²) in [6, 6.07) is 9.67. The number of primary amides is 1. The summed E-state index contributed by atoms with van der Waals surface area (Å²) in [6.07, 6.45) is 1.28. The Balaban J connectivity index is 1.98. The molecule has 1 saturated heterocycles. The molecular weight excluding hydrogens is 414 g/mol. The lowest BCUT2D eigenvalue weighted by Gasteiger charge is -2.26. The van der Waals surface area contributed by atoms with Crippen LogP contribution in [0.4, 0.5) is 10.5 Å². The van der Waals surface area contributed by atoms with Crippen molar-refractivity contribution < 1.29 is 28.7 Å². The van der Waals surface area contributed by atoms with Gasteiger partial charge in [-0.15, -0.1) is 0 Å². The molecule has 2 aromatic carbocycles. The van der Waals surface area contributed by atoms with Crippen molar-refractivity contribution in [3.63, 3.8) is 0 Å². The Morgan fingerprint density at radius 2 is 1.80 bits per heavy atom. The number of hydrogen-bond donors (Lipinski definition) is 2. The molecule has 154 valence electrons. The number of halogens is 1. The molecule has 0 radical (unpaired) electrons. The number of methoxy groups -OCH3 is 1. The minimum absolute atomic E-state index is 0.245. The van der Waals surface area contributed by atoms with Gasteiger partial charge in [-0.3, -0.25) is 19.7 Å². The summed E-state index contributed by atoms with van der Waals surface area (Å²) in [6.45, 7) is -0.360. The van der Waals surface area contributed by atoms with Crippen LogP contribution < -0.4 is 25.4 Å². The third-order valence-electron chi connectivity index (χ3n) is 4.02. The molecule has 30 heavy (non-hydrogen) atoms. The smallest absolute Gasteiger partial charge is 0.335 e. The summed E-state index contributed by atoms with van der Waals surface area (Å²) in [7, 11) is 1.42. The molecule has 0 unspecified atom stereocenters. The summed E-state index contributed by atoms with van der Waals surface area (Å²) in [4.78, 5) is 49.2. The number of barbiturate groups is 1. The SMILES string of the molecule is COc1cc(/C=C2\C(=O)NC(=O)N(c3ccc(Cl)cc3)C2=O)cc(OCC(N)=O)c1. The third-order valence-corrected chi connectivity index (χ3v) is 4.27. The topological polar surface area (TPSA) is 128 Å². The normalized spacial score (nSPS) is 15.2. The Bertz CT molecular complexity index is 1060. The fourth-order valence-electron chi connectivity index (χ4n) is 2.68. The van der Waals surface area contributed by atoms with Crippen LogP contribution in [0.25, 0.3) is 6.08 Å². The van der Waals surface area contributed by atoms with Crippen LogP contribution in [0.3, 0.4) is 0 Å². The Morgan fingerprint density at radius 1 is 1.13 bits per heavy atom. The third kappa shape index (κ3) is 4.58. The number of carbonyl (C=O) groups is 4. The molecule has 1 heterocycles. The van der Waals surface area contributed by atoms with Gasteiger partial charge in [0.25, 0.3) is 17.7 Å². The van der Waals surface area contributed by atoms with Crippen LogP contribution in [-0.4, -0.2) is 37.5 Å². The second-order valence-corrected chi connectivity index (χ2v) is 6.57. The number of urea groups is 1. The number of nitrogens with two attached hydrogens (primary N) is 1. The Labute approximate surface area is 176 Å². The van der Waals surface area contributed by atoms with Gasteiger partial charge in [0.2, 0.25) is 0 Å². The number of amides is 5. The second kappa shape index (κ2) is 8.66. The predicted molar refractivity (Wildman–Crippen MR) is 108 cm³/mol. The highest BCUT2D eigenvalue weighted by Crippen LogP contribution is 2.27. The van der Waals surface area contributed by atoms with E-state index in [0.29, 0.717) is 16.3 Å². The molecule has 0 aliphatic carbocycles. The van der Waals surface area contributed by atoms with Crippen molar-refractivity contribution in [1.29, 1.82) is 0 Å². The Morgan fingerprint density at radius 3 is 2.43 bits per heavy atom. The van der Waals surface area contributed by atoms with Gasteiger partial charge >= 0.3 is 6.03 Å². The van der Waals surface area contributed by atoms with Crippen LogP contribution in [0.5, 0.6) is 11.5 Å². The van der Waals surface area contributed by atoms with Gasteiger partial charge in [-0.1, -0.05) is 11.6 Å². The number of hydrogen-bond acceptors (Lipinski definition) is 6. The van der Waals surface area contributed by atoms with Crippen LogP contribution in [-0.2, 0) is 14.4 Å². The first-order valence-corrected chi connectivity index (χ1v) is 8.93. The minimum atomic E-state index is -0.874. The molecule has 0 saturated carbocycles. The number of benzene rings is 2. The maximum atomic E-state index is 12.9. The standard InChI is InChI=1S/C20H16ClN3O6/c1-29-14-6-11(7-15(9-14)30-10-17(22)25)8-16-18(26)23-20(28)24(19(16)27)13-4-2-12(21)3-5-13/h2-9H,10H2,1H3,(H2,22,25)(H,23,26,28)/b16-8+. The lowest BCUT2D eigenvalue weighted by atomic mass is 10.1. The van der Waals surface area contributed by atoms with Gasteiger partial charge in [0.1, 0.15) is 17.1 Å². The molecule has 1 aliphatic rings. The molecule has 9 nitrogen and oxygen atoms in total. The lowest BCUT2D eigenvalue weighted by molar-refractivity contribution is -0.123. The molecule has 10 heteroatoms. The van der Waals surface area contributed by atoms with E-state index in [2.05, 4.69) is 5.32 Å². The van der Waals surface area contributed by atoms with Crippen molar-refractivity contribution in [2.75, 3.05) is 18.6 Å². The van der Waals surface area contributed by atoms with Crippen molar-refractivity contribution >= 4 is 47.1 Å². The maximum Gasteiger partial charge on any atom is 0.335 e. The van der Waals surface area contributed by atoms with Crippen LogP contribution in [0.1, 0.15) is 5.56 Å². The van der Waals surface area contributed by atoms with Crippen molar-refractivity contribution in [1.82, 2.24) is 5.32 Å². The minimum Gasteiger partial charge on any atom is -0.497 e. The van der Waals surface area contributed by atoms with Crippen molar-refractivity contribution in [2.24, 2.45) is 5.73 Å². The molecule has 2 aromatic rings. The van der Waals surface area contributed by atoms with Crippen LogP contribution in [0, 0.1) is 0 Å². The number of imide groups is 2. The zero-order valence-corrected chi connectivity index (χ0v) is 16.4. The summed E-state index contributed by atoms with van der Waals surface area (Å²) in [5.41, 5.74) is 5.42. The first-order valence-electron chi connectivity index (χ1n) is 8.55. The molecule has 0 aromatic heterocycles. The molecule has 0 atom stereocenters. The van der Waals surface area contributed by atoms with Crippen LogP contribution in [0.15, 0.2) is 48.0 Å². The number of ether oxygens (including phenoxy) is 2. The van der Waals surface area contributed by atoms with Crippen molar-refractivity contribution in [3.8, 4) is 11.5 Å². The quantitative estimate of drug-likeness (QED) is 0.533. The number of nitrogens with zero attached hydrogens (tertiary/aromatic N) is 1. The van der Waals surface area contributed by atoms with Gasteiger partial charge in [0.05, 0.1) is 12.8 Å². The summed E-state index contributed by atoms with van der Waals surface area (Å²) in [5, 5.41) is 2.56. The molecule has 1 fully saturated rings. The van der Waals surface area contributed by atoms with E-state index in [-0.39, 0.29) is 23.6 Å². The molecule has 5 amide bonds. The average Bonchev–Trinajstić information content (AvgIpc) is 2.70. The van der Waals surface area contributed by atoms with Gasteiger partial charge < -0.3 is 15.2 Å². The van der Waals surface area contributed by atoms with Gasteiger partial charge in [0.15, 0.2) is 6.61 Å². The highest BCUT2D eigenvalue weighted by atomic mass is 35.5. The molecular formula is C20H16ClN3O6. The van der Waals surface area contributed by atoms with E-state index >= 15 is 0 Å². The second-order valence-electron chi connectivity index (χ2n) is 6.13. The average molecular weight is 430 g/mol. The highest BCUT2D eigenvalue weighted by molar-refractivity contribution is 6.39. The van der Waals surface area contributed by atoms with Crippen LogP contribution >= 0.6 is 11.6 Å². The summed E-state index contributed by atoms with van der Waals surface area (Å²) >= 11 is 5.85. The van der Waals surface area contributed by atoms with Gasteiger partial charge in [-0.05, 0) is 48.0 Å². The van der Waals surface area contributed by atoms with Gasteiger partial charge in [-0.25, -0.2) is 9.69 Å². The van der Waals surface area contributed by atoms with E-state index in [1.165, 1.54) is 49.6 Å². The maximum absolute atomic E-state index is 12.9. The number of nitrogens with one attached hydrogen (secondary N) is 1. The molecule has 1 aliphatic heterocycles. The number of carbonyl (C=O) groups excluding carboxylic acids is 4. The van der Waals surface area contributed by atoms with E-state index in [4.69, 9.17) is 26.8 Å². The number of rotatable bonds is 6. The summed E-state index contributed by atoms with van der Waals surface area (Å²) in [5.74, 6) is -1.73. The molecule has 0 spiro atoms. The van der Waals surface area contributed by atoms with Gasteiger partial charge in [0, 0.05) is 11.1 Å². The summed E-state index contributed by atoms with van der Waals surface area (Å²) < 4.78 is 10.4. The molecule has 0 bridgehead atoms. The van der Waals surface area contributed by atoms with E-state index in [1.807, 2.05) is 0 Å². The largest absolute Gasteiger partial charge is 0.497 e. The zero-order chi connectivity index (χ0) is 21.8. The first kappa shape index (κ1) is 20.9. The predicted octanol–water partition coefficient (Wildman–Crippen LogP) is 1.88. The van der Waals surface area contributed by atoms with E-state index in [1.54, 1.807) is 6.07 Å². The fourth-order valence-corrected chi connectivity index (χ4v) is 2.81. The monoisotopic (exact) mass is 429 g/mol.